The molecule has 86 valence electrons. The summed E-state index contributed by atoms with van der Waals surface area (Å²) in [6.07, 6.45) is 0. The molecule has 0 rings (SSSR count). The lowest BCUT2D eigenvalue weighted by Gasteiger charge is -2.38. The van der Waals surface area contributed by atoms with E-state index in [1.165, 1.54) is 25.7 Å². The number of hydrogen-bond donors (Lipinski definition) is 0. The van der Waals surface area contributed by atoms with Crippen molar-refractivity contribution in [1.29, 1.82) is 0 Å². The molecule has 0 aliphatic rings. The zero-order chi connectivity index (χ0) is 11.4. The zero-order valence-electron chi connectivity index (χ0n) is 11.3. The highest BCUT2D eigenvalue weighted by atomic mass is 28.3. The monoisotopic (exact) mass is 215 g/mol. The van der Waals surface area contributed by atoms with Crippen LogP contribution in [0.25, 0.3) is 0 Å². The third-order valence-electron chi connectivity index (χ3n) is 3.98. The molecule has 0 radical (unpaired) electrons. The van der Waals surface area contributed by atoms with E-state index >= 15 is 0 Å². The summed E-state index contributed by atoms with van der Waals surface area (Å²) in [7, 11) is -1.04. The maximum Gasteiger partial charge on any atom is 0.0540 e. The van der Waals surface area contributed by atoms with Crippen LogP contribution in [-0.2, 0) is 0 Å². The fourth-order valence-corrected chi connectivity index (χ4v) is 2.98. The molecule has 0 aromatic carbocycles. The second-order valence-electron chi connectivity index (χ2n) is 5.91. The van der Waals surface area contributed by atoms with Gasteiger partial charge < -0.3 is 4.90 Å². The molecule has 0 N–H and O–H groups in total. The molecular weight excluding hydrogens is 186 g/mol. The minimum absolute atomic E-state index is 0.542. The topological polar surface area (TPSA) is 3.24 Å². The number of nitrogens with zero attached hydrogens (tertiary/aromatic N) is 1. The van der Waals surface area contributed by atoms with Gasteiger partial charge in [0, 0.05) is 0 Å². The van der Waals surface area contributed by atoms with E-state index in [-0.39, 0.29) is 0 Å². The Kier molecular flexibility index (Phi) is 5.38. The van der Waals surface area contributed by atoms with Gasteiger partial charge in [-0.25, -0.2) is 0 Å². The summed E-state index contributed by atoms with van der Waals surface area (Å²) >= 11 is 0. The van der Waals surface area contributed by atoms with Crippen molar-refractivity contribution in [3.8, 4) is 0 Å². The summed E-state index contributed by atoms with van der Waals surface area (Å²) in [5.41, 5.74) is 0. The standard InChI is InChI=1S/C12H29NSi/c1-8-13(9-2)10-11-14(6,7)12(3,4)5/h8-11H2,1-7H3. The SMILES string of the molecule is CCN(CC)CC[Si](C)(C)C(C)(C)C. The lowest BCUT2D eigenvalue weighted by Crippen LogP contribution is -2.40. The van der Waals surface area contributed by atoms with Gasteiger partial charge in [0.2, 0.25) is 0 Å². The Morgan fingerprint density at radius 3 is 1.71 bits per heavy atom. The van der Waals surface area contributed by atoms with E-state index in [1.807, 2.05) is 0 Å². The molecule has 0 unspecified atom stereocenters. The predicted molar refractivity (Wildman–Crippen MR) is 69.8 cm³/mol. The first-order chi connectivity index (χ1) is 6.24. The second kappa shape index (κ2) is 5.31. The van der Waals surface area contributed by atoms with Crippen molar-refractivity contribution in [2.24, 2.45) is 0 Å². The lowest BCUT2D eigenvalue weighted by atomic mass is 10.2. The first-order valence-corrected chi connectivity index (χ1v) is 9.17. The van der Waals surface area contributed by atoms with Crippen LogP contribution in [0.1, 0.15) is 34.6 Å². The van der Waals surface area contributed by atoms with E-state index in [2.05, 4.69) is 52.6 Å². The Morgan fingerprint density at radius 1 is 1.00 bits per heavy atom. The van der Waals surface area contributed by atoms with Gasteiger partial charge in [-0.15, -0.1) is 0 Å². The van der Waals surface area contributed by atoms with Crippen LogP contribution in [0.5, 0.6) is 0 Å². The van der Waals surface area contributed by atoms with Crippen LogP contribution in [0.3, 0.4) is 0 Å². The van der Waals surface area contributed by atoms with Crippen LogP contribution < -0.4 is 0 Å². The van der Waals surface area contributed by atoms with Crippen LogP contribution in [-0.4, -0.2) is 32.6 Å². The molecular formula is C12H29NSi. The second-order valence-corrected chi connectivity index (χ2v) is 11.7. The Labute approximate surface area is 91.9 Å². The summed E-state index contributed by atoms with van der Waals surface area (Å²) in [4.78, 5) is 2.54. The predicted octanol–water partition coefficient (Wildman–Crippen LogP) is 3.84. The molecule has 0 bridgehead atoms. The van der Waals surface area contributed by atoms with E-state index in [0.29, 0.717) is 5.04 Å². The Balaban J connectivity index is 4.11. The molecule has 0 spiro atoms. The molecule has 0 atom stereocenters. The summed E-state index contributed by atoms with van der Waals surface area (Å²) in [6, 6.07) is 1.43. The van der Waals surface area contributed by atoms with E-state index in [0.717, 1.165) is 0 Å². The fourth-order valence-electron chi connectivity index (χ4n) is 1.35. The third-order valence-corrected chi connectivity index (χ3v) is 9.51. The minimum atomic E-state index is -1.04. The van der Waals surface area contributed by atoms with Gasteiger partial charge in [-0.2, -0.15) is 0 Å². The molecule has 0 aliphatic carbocycles. The molecule has 0 heterocycles. The molecule has 2 heteroatoms. The van der Waals surface area contributed by atoms with Crippen LogP contribution in [0.4, 0.5) is 0 Å². The highest BCUT2D eigenvalue weighted by molar-refractivity contribution is 6.80. The summed E-state index contributed by atoms with van der Waals surface area (Å²) in [5, 5.41) is 0.542. The first-order valence-electron chi connectivity index (χ1n) is 5.97. The Hall–Kier alpha value is 0.177. The number of rotatable bonds is 5. The molecule has 14 heavy (non-hydrogen) atoms. The van der Waals surface area contributed by atoms with Gasteiger partial charge in [-0.3, -0.25) is 0 Å². The fraction of sp³-hybridized carbons (Fsp3) is 1.00. The van der Waals surface area contributed by atoms with Crippen LogP contribution in [0, 0.1) is 0 Å². The van der Waals surface area contributed by atoms with E-state index in [4.69, 9.17) is 0 Å². The van der Waals surface area contributed by atoms with Crippen molar-refractivity contribution in [1.82, 2.24) is 4.90 Å². The van der Waals surface area contributed by atoms with Gasteiger partial charge in [-0.05, 0) is 30.7 Å². The quantitative estimate of drug-likeness (QED) is 0.630. The molecule has 0 fully saturated rings. The minimum Gasteiger partial charge on any atom is -0.304 e. The van der Waals surface area contributed by atoms with E-state index in [1.54, 1.807) is 0 Å². The summed E-state index contributed by atoms with van der Waals surface area (Å²) in [5.74, 6) is 0. The van der Waals surface area contributed by atoms with Crippen molar-refractivity contribution >= 4 is 8.07 Å². The highest BCUT2D eigenvalue weighted by Gasteiger charge is 2.34. The van der Waals surface area contributed by atoms with Gasteiger partial charge >= 0.3 is 0 Å². The van der Waals surface area contributed by atoms with Gasteiger partial charge in [-0.1, -0.05) is 47.7 Å². The summed E-state index contributed by atoms with van der Waals surface area (Å²) in [6.45, 7) is 20.5. The van der Waals surface area contributed by atoms with Crippen molar-refractivity contribution in [3.63, 3.8) is 0 Å². The maximum atomic E-state index is 2.54. The zero-order valence-corrected chi connectivity index (χ0v) is 12.3. The van der Waals surface area contributed by atoms with Crippen molar-refractivity contribution in [2.75, 3.05) is 19.6 Å². The van der Waals surface area contributed by atoms with E-state index in [9.17, 15) is 0 Å². The number of hydrogen-bond acceptors (Lipinski definition) is 1. The highest BCUT2D eigenvalue weighted by Crippen LogP contribution is 2.38. The normalized spacial score (nSPS) is 13.7. The molecule has 0 saturated carbocycles. The van der Waals surface area contributed by atoms with Gasteiger partial charge in [0.25, 0.3) is 0 Å². The molecule has 0 amide bonds. The molecule has 0 aromatic rings. The lowest BCUT2D eigenvalue weighted by molar-refractivity contribution is 0.318. The average Bonchev–Trinajstić information content (AvgIpc) is 2.04. The van der Waals surface area contributed by atoms with Crippen LogP contribution in [0.2, 0.25) is 24.2 Å². The molecule has 0 aromatic heterocycles. The Morgan fingerprint density at radius 2 is 1.43 bits per heavy atom. The Bertz CT molecular complexity index is 154. The van der Waals surface area contributed by atoms with Crippen molar-refractivity contribution in [3.05, 3.63) is 0 Å². The van der Waals surface area contributed by atoms with Gasteiger partial charge in [0.05, 0.1) is 8.07 Å². The largest absolute Gasteiger partial charge is 0.304 e. The van der Waals surface area contributed by atoms with Gasteiger partial charge in [0.1, 0.15) is 0 Å². The first kappa shape index (κ1) is 14.2. The third kappa shape index (κ3) is 4.14. The van der Waals surface area contributed by atoms with Crippen molar-refractivity contribution < 1.29 is 0 Å². The summed E-state index contributed by atoms with van der Waals surface area (Å²) < 4.78 is 0. The smallest absolute Gasteiger partial charge is 0.0540 e. The van der Waals surface area contributed by atoms with E-state index < -0.39 is 8.07 Å². The van der Waals surface area contributed by atoms with Crippen LogP contribution >= 0.6 is 0 Å². The van der Waals surface area contributed by atoms with Crippen molar-refractivity contribution in [2.45, 2.75) is 58.8 Å². The molecule has 0 saturated heterocycles. The molecule has 1 nitrogen and oxygen atoms in total. The van der Waals surface area contributed by atoms with Crippen LogP contribution in [0.15, 0.2) is 0 Å². The maximum absolute atomic E-state index is 2.54. The average molecular weight is 215 g/mol. The van der Waals surface area contributed by atoms with Gasteiger partial charge in [0.15, 0.2) is 0 Å². The molecule has 0 aliphatic heterocycles.